The average Bonchev–Trinajstić information content (AvgIpc) is 3.10. The minimum atomic E-state index is -0.0923. The van der Waals surface area contributed by atoms with Gasteiger partial charge in [0.15, 0.2) is 0 Å². The predicted molar refractivity (Wildman–Crippen MR) is 105 cm³/mol. The lowest BCUT2D eigenvalue weighted by atomic mass is 9.79. The molecule has 27 heavy (non-hydrogen) atoms. The van der Waals surface area contributed by atoms with Gasteiger partial charge in [-0.05, 0) is 44.7 Å². The second kappa shape index (κ2) is 8.29. The standard InChI is InChI=1S/C21H34N4O2/c26-19-8-7-18(22-23-19)20(27)25-14-11-21(16-25)10-4-12-24(15-21)13-9-17-5-2-1-3-6-17/h17H,1-16H2,(H,23,26)/t21-/m1/s1. The van der Waals surface area contributed by atoms with Gasteiger partial charge in [0.1, 0.15) is 5.71 Å². The number of piperidine rings is 1. The summed E-state index contributed by atoms with van der Waals surface area (Å²) in [4.78, 5) is 28.7. The van der Waals surface area contributed by atoms with Crippen LogP contribution in [0.4, 0.5) is 0 Å². The molecule has 0 aromatic heterocycles. The second-order valence-electron chi connectivity index (χ2n) is 9.24. The monoisotopic (exact) mass is 374 g/mol. The summed E-state index contributed by atoms with van der Waals surface area (Å²) >= 11 is 0. The Morgan fingerprint density at radius 1 is 1.07 bits per heavy atom. The van der Waals surface area contributed by atoms with E-state index in [0.717, 1.165) is 32.0 Å². The van der Waals surface area contributed by atoms with Gasteiger partial charge in [-0.15, -0.1) is 0 Å². The van der Waals surface area contributed by atoms with E-state index in [0.29, 0.717) is 18.6 Å². The van der Waals surface area contributed by atoms with E-state index in [4.69, 9.17) is 0 Å². The molecule has 3 fully saturated rings. The first-order valence-electron chi connectivity index (χ1n) is 11.0. The highest BCUT2D eigenvalue weighted by molar-refractivity contribution is 6.39. The molecule has 2 amide bonds. The van der Waals surface area contributed by atoms with Crippen molar-refractivity contribution in [2.45, 2.75) is 70.6 Å². The zero-order valence-electron chi connectivity index (χ0n) is 16.5. The quantitative estimate of drug-likeness (QED) is 0.822. The maximum absolute atomic E-state index is 12.8. The van der Waals surface area contributed by atoms with Gasteiger partial charge in [-0.1, -0.05) is 32.1 Å². The molecule has 0 radical (unpaired) electrons. The highest BCUT2D eigenvalue weighted by Crippen LogP contribution is 2.39. The third-order valence-electron chi connectivity index (χ3n) is 7.20. The first-order valence-corrected chi connectivity index (χ1v) is 11.0. The van der Waals surface area contributed by atoms with Gasteiger partial charge in [0.2, 0.25) is 5.91 Å². The molecule has 1 atom stereocenters. The van der Waals surface area contributed by atoms with Crippen LogP contribution < -0.4 is 5.43 Å². The summed E-state index contributed by atoms with van der Waals surface area (Å²) in [6, 6.07) is 0. The van der Waals surface area contributed by atoms with Crippen LogP contribution in [-0.2, 0) is 9.59 Å². The lowest BCUT2D eigenvalue weighted by Gasteiger charge is -2.41. The summed E-state index contributed by atoms with van der Waals surface area (Å²) in [6.07, 6.45) is 12.9. The van der Waals surface area contributed by atoms with E-state index in [-0.39, 0.29) is 17.2 Å². The molecular formula is C21H34N4O2. The van der Waals surface area contributed by atoms with Gasteiger partial charge in [-0.3, -0.25) is 9.59 Å². The van der Waals surface area contributed by atoms with E-state index >= 15 is 0 Å². The summed E-state index contributed by atoms with van der Waals surface area (Å²) in [6.45, 7) is 5.30. The fraction of sp³-hybridized carbons (Fsp3) is 0.857. The molecule has 1 spiro atoms. The van der Waals surface area contributed by atoms with Crippen LogP contribution in [0.3, 0.4) is 0 Å². The van der Waals surface area contributed by atoms with Crippen molar-refractivity contribution >= 4 is 17.5 Å². The van der Waals surface area contributed by atoms with Crippen LogP contribution in [0.25, 0.3) is 0 Å². The number of hydrazone groups is 1. The molecule has 6 heteroatoms. The number of carbonyl (C=O) groups is 2. The van der Waals surface area contributed by atoms with E-state index in [1.54, 1.807) is 0 Å². The van der Waals surface area contributed by atoms with Gasteiger partial charge in [0.05, 0.1) is 0 Å². The molecule has 0 unspecified atom stereocenters. The molecule has 1 aliphatic carbocycles. The Hall–Kier alpha value is -1.43. The molecule has 4 aliphatic rings. The third kappa shape index (κ3) is 4.53. The average molecular weight is 375 g/mol. The Balaban J connectivity index is 1.29. The number of hydrogen-bond acceptors (Lipinski definition) is 4. The molecule has 150 valence electrons. The van der Waals surface area contributed by atoms with Crippen LogP contribution in [0, 0.1) is 11.3 Å². The SMILES string of the molecule is O=C1CCC(C(=O)N2CC[C@@]3(CCCN(CCC4CCCCC4)C3)C2)=NN1. The molecule has 1 N–H and O–H groups in total. The fourth-order valence-corrected chi connectivity index (χ4v) is 5.59. The van der Waals surface area contributed by atoms with Gasteiger partial charge in [-0.2, -0.15) is 5.10 Å². The second-order valence-corrected chi connectivity index (χ2v) is 9.24. The molecule has 0 bridgehead atoms. The number of likely N-dealkylation sites (tertiary alicyclic amines) is 2. The Bertz CT molecular complexity index is 599. The zero-order valence-corrected chi connectivity index (χ0v) is 16.5. The molecule has 1 saturated carbocycles. The molecule has 0 aromatic carbocycles. The van der Waals surface area contributed by atoms with Crippen LogP contribution in [0.1, 0.15) is 70.6 Å². The molecular weight excluding hydrogens is 340 g/mol. The Labute approximate surface area is 162 Å². The number of amides is 2. The summed E-state index contributed by atoms with van der Waals surface area (Å²) in [7, 11) is 0. The van der Waals surface area contributed by atoms with E-state index in [1.807, 2.05) is 4.90 Å². The van der Waals surface area contributed by atoms with Crippen molar-refractivity contribution in [3.63, 3.8) is 0 Å². The summed E-state index contributed by atoms with van der Waals surface area (Å²) in [5.41, 5.74) is 3.26. The van der Waals surface area contributed by atoms with Gasteiger partial charge in [0, 0.05) is 37.9 Å². The van der Waals surface area contributed by atoms with Crippen molar-refractivity contribution in [1.82, 2.24) is 15.2 Å². The number of rotatable bonds is 4. The minimum absolute atomic E-state index is 0.0335. The van der Waals surface area contributed by atoms with E-state index in [1.165, 1.54) is 64.5 Å². The van der Waals surface area contributed by atoms with Gasteiger partial charge in [0.25, 0.3) is 5.91 Å². The van der Waals surface area contributed by atoms with Crippen LogP contribution in [0.15, 0.2) is 5.10 Å². The molecule has 0 aromatic rings. The topological polar surface area (TPSA) is 65.0 Å². The van der Waals surface area contributed by atoms with E-state index < -0.39 is 0 Å². The molecule has 4 rings (SSSR count). The number of nitrogens with zero attached hydrogens (tertiary/aromatic N) is 3. The van der Waals surface area contributed by atoms with Crippen LogP contribution in [0.5, 0.6) is 0 Å². The van der Waals surface area contributed by atoms with Crippen molar-refractivity contribution in [2.24, 2.45) is 16.4 Å². The minimum Gasteiger partial charge on any atom is -0.337 e. The third-order valence-corrected chi connectivity index (χ3v) is 7.20. The largest absolute Gasteiger partial charge is 0.337 e. The predicted octanol–water partition coefficient (Wildman–Crippen LogP) is 2.54. The fourth-order valence-electron chi connectivity index (χ4n) is 5.59. The number of carbonyl (C=O) groups excluding carboxylic acids is 2. The molecule has 6 nitrogen and oxygen atoms in total. The Morgan fingerprint density at radius 2 is 1.93 bits per heavy atom. The van der Waals surface area contributed by atoms with Crippen molar-refractivity contribution in [3.05, 3.63) is 0 Å². The normalized spacial score (nSPS) is 30.4. The lowest BCUT2D eigenvalue weighted by molar-refractivity contribution is -0.124. The highest BCUT2D eigenvalue weighted by Gasteiger charge is 2.43. The Morgan fingerprint density at radius 3 is 2.70 bits per heavy atom. The maximum Gasteiger partial charge on any atom is 0.270 e. The maximum atomic E-state index is 12.8. The van der Waals surface area contributed by atoms with Crippen LogP contribution in [0.2, 0.25) is 0 Å². The highest BCUT2D eigenvalue weighted by atomic mass is 16.2. The van der Waals surface area contributed by atoms with Crippen molar-refractivity contribution in [3.8, 4) is 0 Å². The van der Waals surface area contributed by atoms with Crippen LogP contribution >= 0.6 is 0 Å². The first-order chi connectivity index (χ1) is 13.1. The summed E-state index contributed by atoms with van der Waals surface area (Å²) in [5, 5.41) is 4.00. The molecule has 3 aliphatic heterocycles. The van der Waals surface area contributed by atoms with Gasteiger partial charge in [-0.25, -0.2) is 5.43 Å². The number of hydrogen-bond donors (Lipinski definition) is 1. The summed E-state index contributed by atoms with van der Waals surface area (Å²) < 4.78 is 0. The Kier molecular flexibility index (Phi) is 5.81. The van der Waals surface area contributed by atoms with E-state index in [9.17, 15) is 9.59 Å². The first kappa shape index (κ1) is 18.9. The summed E-state index contributed by atoms with van der Waals surface area (Å²) in [5.74, 6) is 0.884. The smallest absolute Gasteiger partial charge is 0.270 e. The van der Waals surface area contributed by atoms with Crippen molar-refractivity contribution < 1.29 is 9.59 Å². The van der Waals surface area contributed by atoms with Crippen molar-refractivity contribution in [1.29, 1.82) is 0 Å². The number of nitrogens with one attached hydrogen (secondary N) is 1. The molecule has 3 heterocycles. The lowest BCUT2D eigenvalue weighted by Crippen LogP contribution is -2.46. The van der Waals surface area contributed by atoms with Gasteiger partial charge >= 0.3 is 0 Å². The van der Waals surface area contributed by atoms with Gasteiger partial charge < -0.3 is 9.80 Å². The van der Waals surface area contributed by atoms with Crippen molar-refractivity contribution in [2.75, 3.05) is 32.7 Å². The van der Waals surface area contributed by atoms with E-state index in [2.05, 4.69) is 15.4 Å². The van der Waals surface area contributed by atoms with Crippen LogP contribution in [-0.4, -0.2) is 60.0 Å². The zero-order chi connectivity index (χ0) is 18.7. The molecule has 2 saturated heterocycles.